The SMILES string of the molecule is O=C(CC1CNC1)NCC(O)COc1cccc(C(F)(F)F)c1. The molecule has 0 saturated carbocycles. The predicted molar refractivity (Wildman–Crippen MR) is 76.9 cm³/mol. The van der Waals surface area contributed by atoms with Gasteiger partial charge in [-0.2, -0.15) is 13.2 Å². The molecule has 0 aliphatic carbocycles. The Morgan fingerprint density at radius 3 is 2.78 bits per heavy atom. The first-order chi connectivity index (χ1) is 10.8. The summed E-state index contributed by atoms with van der Waals surface area (Å²) in [5.41, 5.74) is -0.813. The third kappa shape index (κ3) is 5.72. The smallest absolute Gasteiger partial charge is 0.416 e. The number of aliphatic hydroxyl groups is 1. The molecule has 0 bridgehead atoms. The summed E-state index contributed by atoms with van der Waals surface area (Å²) in [5, 5.41) is 15.4. The first-order valence-corrected chi connectivity index (χ1v) is 7.30. The van der Waals surface area contributed by atoms with Gasteiger partial charge in [-0.3, -0.25) is 4.79 Å². The zero-order valence-corrected chi connectivity index (χ0v) is 12.4. The summed E-state index contributed by atoms with van der Waals surface area (Å²) in [4.78, 5) is 11.6. The van der Waals surface area contributed by atoms with Crippen molar-refractivity contribution in [2.24, 2.45) is 5.92 Å². The molecule has 0 radical (unpaired) electrons. The lowest BCUT2D eigenvalue weighted by Gasteiger charge is -2.26. The lowest BCUT2D eigenvalue weighted by molar-refractivity contribution is -0.137. The van der Waals surface area contributed by atoms with E-state index in [0.29, 0.717) is 12.3 Å². The van der Waals surface area contributed by atoms with Crippen LogP contribution in [0.5, 0.6) is 5.75 Å². The highest BCUT2D eigenvalue weighted by molar-refractivity contribution is 5.76. The first-order valence-electron chi connectivity index (χ1n) is 7.30. The Morgan fingerprint density at radius 1 is 1.43 bits per heavy atom. The summed E-state index contributed by atoms with van der Waals surface area (Å²) < 4.78 is 42.8. The van der Waals surface area contributed by atoms with Gasteiger partial charge in [0.05, 0.1) is 5.56 Å². The number of hydrogen-bond donors (Lipinski definition) is 3. The predicted octanol–water partition coefficient (Wildman–Crippen LogP) is 1.17. The molecule has 1 aromatic rings. The van der Waals surface area contributed by atoms with Crippen LogP contribution in [0, 0.1) is 5.92 Å². The molecule has 1 atom stereocenters. The summed E-state index contributed by atoms with van der Waals surface area (Å²) in [5.74, 6) is 0.189. The highest BCUT2D eigenvalue weighted by Gasteiger charge is 2.30. The number of nitrogens with one attached hydrogen (secondary N) is 2. The van der Waals surface area contributed by atoms with E-state index in [4.69, 9.17) is 4.74 Å². The monoisotopic (exact) mass is 332 g/mol. The fourth-order valence-corrected chi connectivity index (χ4v) is 2.07. The number of carbonyl (C=O) groups is 1. The van der Waals surface area contributed by atoms with Gasteiger partial charge >= 0.3 is 6.18 Å². The van der Waals surface area contributed by atoms with E-state index in [1.54, 1.807) is 0 Å². The fraction of sp³-hybridized carbons (Fsp3) is 0.533. The maximum Gasteiger partial charge on any atom is 0.416 e. The summed E-state index contributed by atoms with van der Waals surface area (Å²) in [6.45, 7) is 1.42. The van der Waals surface area contributed by atoms with E-state index < -0.39 is 17.8 Å². The topological polar surface area (TPSA) is 70.6 Å². The molecule has 1 saturated heterocycles. The van der Waals surface area contributed by atoms with Crippen molar-refractivity contribution in [2.45, 2.75) is 18.7 Å². The van der Waals surface area contributed by atoms with Crippen LogP contribution in [0.1, 0.15) is 12.0 Å². The highest BCUT2D eigenvalue weighted by atomic mass is 19.4. The van der Waals surface area contributed by atoms with Crippen LogP contribution in [0.3, 0.4) is 0 Å². The van der Waals surface area contributed by atoms with Crippen molar-refractivity contribution in [1.82, 2.24) is 10.6 Å². The molecule has 1 heterocycles. The third-order valence-electron chi connectivity index (χ3n) is 3.48. The minimum atomic E-state index is -4.44. The van der Waals surface area contributed by atoms with Crippen molar-refractivity contribution in [3.8, 4) is 5.75 Å². The van der Waals surface area contributed by atoms with Gasteiger partial charge in [0.15, 0.2) is 0 Å². The van der Waals surface area contributed by atoms with Crippen molar-refractivity contribution in [3.05, 3.63) is 29.8 Å². The Kier molecular flexibility index (Phi) is 5.84. The average Bonchev–Trinajstić information content (AvgIpc) is 2.46. The fourth-order valence-electron chi connectivity index (χ4n) is 2.07. The number of rotatable bonds is 7. The van der Waals surface area contributed by atoms with Crippen LogP contribution in [0.15, 0.2) is 24.3 Å². The average molecular weight is 332 g/mol. The maximum absolute atomic E-state index is 12.6. The molecule has 0 aromatic heterocycles. The van der Waals surface area contributed by atoms with Crippen LogP contribution < -0.4 is 15.4 Å². The minimum absolute atomic E-state index is 0.00204. The van der Waals surface area contributed by atoms with Gasteiger partial charge in [-0.25, -0.2) is 0 Å². The number of aliphatic hydroxyl groups excluding tert-OH is 1. The number of amides is 1. The summed E-state index contributed by atoms with van der Waals surface area (Å²) in [6.07, 6.45) is -5.04. The van der Waals surface area contributed by atoms with Gasteiger partial charge in [-0.1, -0.05) is 6.07 Å². The van der Waals surface area contributed by atoms with E-state index in [2.05, 4.69) is 10.6 Å². The molecule has 1 unspecified atom stereocenters. The lowest BCUT2D eigenvalue weighted by atomic mass is 9.99. The number of alkyl halides is 3. The van der Waals surface area contributed by atoms with Crippen LogP contribution in [0.25, 0.3) is 0 Å². The Hall–Kier alpha value is -1.80. The van der Waals surface area contributed by atoms with Crippen LogP contribution in [-0.4, -0.2) is 43.4 Å². The first kappa shape index (κ1) is 17.6. The van der Waals surface area contributed by atoms with Crippen molar-refractivity contribution in [2.75, 3.05) is 26.2 Å². The zero-order chi connectivity index (χ0) is 16.9. The highest BCUT2D eigenvalue weighted by Crippen LogP contribution is 2.31. The van der Waals surface area contributed by atoms with Gasteiger partial charge in [0.25, 0.3) is 0 Å². The quantitative estimate of drug-likeness (QED) is 0.701. The van der Waals surface area contributed by atoms with Gasteiger partial charge in [0, 0.05) is 13.0 Å². The summed E-state index contributed by atoms with van der Waals surface area (Å²) >= 11 is 0. The lowest BCUT2D eigenvalue weighted by Crippen LogP contribution is -2.45. The molecular formula is C15H19F3N2O3. The second kappa shape index (κ2) is 7.65. The molecule has 23 heavy (non-hydrogen) atoms. The molecule has 0 spiro atoms. The van der Waals surface area contributed by atoms with E-state index in [9.17, 15) is 23.1 Å². The molecule has 2 rings (SSSR count). The molecule has 1 fully saturated rings. The second-order valence-electron chi connectivity index (χ2n) is 5.52. The third-order valence-corrected chi connectivity index (χ3v) is 3.48. The van der Waals surface area contributed by atoms with Gasteiger partial charge < -0.3 is 20.5 Å². The number of hydrogen-bond acceptors (Lipinski definition) is 4. The summed E-state index contributed by atoms with van der Waals surface area (Å²) in [7, 11) is 0. The standard InChI is InChI=1S/C15H19F3N2O3/c16-15(17,18)11-2-1-3-13(5-11)23-9-12(21)8-20-14(22)4-10-6-19-7-10/h1-3,5,10,12,19,21H,4,6-9H2,(H,20,22). The Balaban J connectivity index is 1.71. The molecule has 1 aliphatic heterocycles. The van der Waals surface area contributed by atoms with Crippen LogP contribution in [-0.2, 0) is 11.0 Å². The van der Waals surface area contributed by atoms with Gasteiger partial charge in [-0.15, -0.1) is 0 Å². The number of halogens is 3. The van der Waals surface area contributed by atoms with Crippen LogP contribution >= 0.6 is 0 Å². The Labute approximate surface area is 131 Å². The molecule has 1 amide bonds. The molecule has 1 aromatic carbocycles. The largest absolute Gasteiger partial charge is 0.491 e. The van der Waals surface area contributed by atoms with Crippen LogP contribution in [0.4, 0.5) is 13.2 Å². The van der Waals surface area contributed by atoms with Crippen molar-refractivity contribution >= 4 is 5.91 Å². The molecule has 3 N–H and O–H groups in total. The Morgan fingerprint density at radius 2 is 2.17 bits per heavy atom. The Bertz CT molecular complexity index is 533. The van der Waals surface area contributed by atoms with E-state index in [1.807, 2.05) is 0 Å². The van der Waals surface area contributed by atoms with E-state index in [1.165, 1.54) is 12.1 Å². The molecule has 128 valence electrons. The van der Waals surface area contributed by atoms with Gasteiger partial charge in [0.1, 0.15) is 18.5 Å². The minimum Gasteiger partial charge on any atom is -0.491 e. The zero-order valence-electron chi connectivity index (χ0n) is 12.4. The van der Waals surface area contributed by atoms with Crippen LogP contribution in [0.2, 0.25) is 0 Å². The van der Waals surface area contributed by atoms with Crippen molar-refractivity contribution < 1.29 is 27.8 Å². The van der Waals surface area contributed by atoms with Gasteiger partial charge in [0.2, 0.25) is 5.91 Å². The second-order valence-corrected chi connectivity index (χ2v) is 5.52. The normalized spacial score (nSPS) is 16.5. The van der Waals surface area contributed by atoms with E-state index in [0.717, 1.165) is 25.2 Å². The van der Waals surface area contributed by atoms with E-state index in [-0.39, 0.29) is 24.8 Å². The number of ether oxygens (including phenoxy) is 1. The molecule has 5 nitrogen and oxygen atoms in total. The molecule has 1 aliphatic rings. The van der Waals surface area contributed by atoms with Crippen molar-refractivity contribution in [3.63, 3.8) is 0 Å². The number of carbonyl (C=O) groups excluding carboxylic acids is 1. The van der Waals surface area contributed by atoms with Gasteiger partial charge in [-0.05, 0) is 37.2 Å². The summed E-state index contributed by atoms with van der Waals surface area (Å²) in [6, 6.07) is 4.43. The van der Waals surface area contributed by atoms with Crippen molar-refractivity contribution in [1.29, 1.82) is 0 Å². The molecular weight excluding hydrogens is 313 g/mol. The maximum atomic E-state index is 12.6. The molecule has 8 heteroatoms. The van der Waals surface area contributed by atoms with E-state index >= 15 is 0 Å². The number of benzene rings is 1.